The Bertz CT molecular complexity index is 355. The van der Waals surface area contributed by atoms with E-state index in [4.69, 9.17) is 0 Å². The summed E-state index contributed by atoms with van der Waals surface area (Å²) >= 11 is 0. The van der Waals surface area contributed by atoms with Crippen LogP contribution in [0.15, 0.2) is 12.4 Å². The fraction of sp³-hybridized carbons (Fsp3) is 0.700. The second kappa shape index (κ2) is 4.30. The summed E-state index contributed by atoms with van der Waals surface area (Å²) in [7, 11) is 0. The number of hydrogen-bond acceptors (Lipinski definition) is 3. The fourth-order valence-electron chi connectivity index (χ4n) is 1.96. The minimum atomic E-state index is -4.54. The van der Waals surface area contributed by atoms with Crippen LogP contribution in [0.2, 0.25) is 0 Å². The number of hydrogen-bond donors (Lipinski definition) is 2. The van der Waals surface area contributed by atoms with Gasteiger partial charge in [-0.3, -0.25) is 4.90 Å². The molecule has 0 aliphatic carbocycles. The van der Waals surface area contributed by atoms with E-state index in [-0.39, 0.29) is 25.9 Å². The van der Waals surface area contributed by atoms with Crippen LogP contribution in [0.5, 0.6) is 0 Å². The number of H-pyrrole nitrogens is 1. The fourth-order valence-corrected chi connectivity index (χ4v) is 1.96. The second-order valence-corrected chi connectivity index (χ2v) is 4.34. The number of alkyl halides is 3. The highest BCUT2D eigenvalue weighted by molar-refractivity contribution is 4.94. The highest BCUT2D eigenvalue weighted by Gasteiger charge is 2.54. The summed E-state index contributed by atoms with van der Waals surface area (Å²) in [5, 5.41) is 9.48. The summed E-state index contributed by atoms with van der Waals surface area (Å²) in [5.41, 5.74) is -2.52. The Kier molecular flexibility index (Phi) is 3.13. The number of halogens is 3. The molecule has 0 unspecified atom stereocenters. The first kappa shape index (κ1) is 12.4. The lowest BCUT2D eigenvalue weighted by Gasteiger charge is -2.38. The van der Waals surface area contributed by atoms with E-state index in [0.29, 0.717) is 6.54 Å². The molecule has 0 aromatic carbocycles. The highest BCUT2D eigenvalue weighted by Crippen LogP contribution is 2.38. The molecular formula is C10H14F3N3O. The molecule has 0 radical (unpaired) electrons. The summed E-state index contributed by atoms with van der Waals surface area (Å²) in [6.07, 6.45) is -1.82. The molecule has 2 rings (SSSR count). The molecule has 1 aliphatic rings. The molecular weight excluding hydrogens is 235 g/mol. The SMILES string of the molecule is OC1(C(F)(F)F)CCN(Cc2ncc[nH]2)CC1. The van der Waals surface area contributed by atoms with Gasteiger partial charge in [0.1, 0.15) is 5.82 Å². The van der Waals surface area contributed by atoms with E-state index in [9.17, 15) is 18.3 Å². The number of aromatic amines is 1. The van der Waals surface area contributed by atoms with Gasteiger partial charge in [0.2, 0.25) is 0 Å². The lowest BCUT2D eigenvalue weighted by molar-refractivity contribution is -0.272. The smallest absolute Gasteiger partial charge is 0.380 e. The van der Waals surface area contributed by atoms with Gasteiger partial charge < -0.3 is 10.1 Å². The van der Waals surface area contributed by atoms with Gasteiger partial charge in [-0.1, -0.05) is 0 Å². The maximum atomic E-state index is 12.5. The number of likely N-dealkylation sites (tertiary alicyclic amines) is 1. The molecule has 0 saturated carbocycles. The van der Waals surface area contributed by atoms with Crippen molar-refractivity contribution in [2.24, 2.45) is 0 Å². The summed E-state index contributed by atoms with van der Waals surface area (Å²) in [5.74, 6) is 0.724. The van der Waals surface area contributed by atoms with Crippen LogP contribution in [-0.2, 0) is 6.54 Å². The molecule has 0 amide bonds. The van der Waals surface area contributed by atoms with Crippen molar-refractivity contribution in [1.82, 2.24) is 14.9 Å². The van der Waals surface area contributed by atoms with Crippen LogP contribution < -0.4 is 0 Å². The van der Waals surface area contributed by atoms with Gasteiger partial charge in [0, 0.05) is 25.5 Å². The Hall–Kier alpha value is -1.08. The Balaban J connectivity index is 1.90. The van der Waals surface area contributed by atoms with Gasteiger partial charge in [-0.15, -0.1) is 0 Å². The van der Waals surface area contributed by atoms with Crippen molar-refractivity contribution in [3.63, 3.8) is 0 Å². The Labute approximate surface area is 96.5 Å². The molecule has 0 atom stereocenters. The third kappa shape index (κ3) is 2.61. The van der Waals surface area contributed by atoms with Gasteiger partial charge in [-0.05, 0) is 12.8 Å². The summed E-state index contributed by atoms with van der Waals surface area (Å²) < 4.78 is 37.6. The lowest BCUT2D eigenvalue weighted by atomic mass is 9.91. The van der Waals surface area contributed by atoms with Crippen LogP contribution in [0, 0.1) is 0 Å². The topological polar surface area (TPSA) is 52.1 Å². The van der Waals surface area contributed by atoms with Gasteiger partial charge in [0.25, 0.3) is 0 Å². The third-order valence-corrected chi connectivity index (χ3v) is 3.14. The molecule has 0 bridgehead atoms. The average Bonchev–Trinajstić information content (AvgIpc) is 2.73. The normalized spacial score (nSPS) is 21.6. The number of imidazole rings is 1. The number of nitrogens with zero attached hydrogens (tertiary/aromatic N) is 2. The highest BCUT2D eigenvalue weighted by atomic mass is 19.4. The van der Waals surface area contributed by atoms with E-state index in [0.717, 1.165) is 5.82 Å². The van der Waals surface area contributed by atoms with Crippen LogP contribution in [0.1, 0.15) is 18.7 Å². The molecule has 1 aliphatic heterocycles. The van der Waals surface area contributed by atoms with Gasteiger partial charge >= 0.3 is 6.18 Å². The predicted molar refractivity (Wildman–Crippen MR) is 54.1 cm³/mol. The first-order chi connectivity index (χ1) is 7.91. The molecule has 1 fully saturated rings. The average molecular weight is 249 g/mol. The zero-order valence-electron chi connectivity index (χ0n) is 9.17. The van der Waals surface area contributed by atoms with Crippen molar-refractivity contribution in [2.75, 3.05) is 13.1 Å². The monoisotopic (exact) mass is 249 g/mol. The number of aliphatic hydroxyl groups is 1. The third-order valence-electron chi connectivity index (χ3n) is 3.14. The first-order valence-electron chi connectivity index (χ1n) is 5.40. The number of piperidine rings is 1. The standard InChI is InChI=1S/C10H14F3N3O/c11-10(12,13)9(17)1-5-16(6-2-9)7-8-14-3-4-15-8/h3-4,17H,1-2,5-7H2,(H,14,15). The molecule has 1 aromatic rings. The van der Waals surface area contributed by atoms with Crippen molar-refractivity contribution in [3.05, 3.63) is 18.2 Å². The molecule has 0 spiro atoms. The van der Waals surface area contributed by atoms with Crippen LogP contribution >= 0.6 is 0 Å². The van der Waals surface area contributed by atoms with Crippen molar-refractivity contribution < 1.29 is 18.3 Å². The van der Waals surface area contributed by atoms with Crippen molar-refractivity contribution >= 4 is 0 Å². The molecule has 7 heteroatoms. The number of aromatic nitrogens is 2. The van der Waals surface area contributed by atoms with Gasteiger partial charge in [0.05, 0.1) is 6.54 Å². The van der Waals surface area contributed by atoms with Crippen molar-refractivity contribution in [2.45, 2.75) is 31.2 Å². The Morgan fingerprint density at radius 2 is 2.06 bits per heavy atom. The minimum Gasteiger partial charge on any atom is -0.380 e. The minimum absolute atomic E-state index is 0.219. The lowest BCUT2D eigenvalue weighted by Crippen LogP contribution is -2.53. The zero-order valence-corrected chi connectivity index (χ0v) is 9.17. The van der Waals surface area contributed by atoms with E-state index in [1.54, 1.807) is 12.4 Å². The Morgan fingerprint density at radius 1 is 1.41 bits per heavy atom. The van der Waals surface area contributed by atoms with E-state index >= 15 is 0 Å². The maximum Gasteiger partial charge on any atom is 0.417 e. The molecule has 4 nitrogen and oxygen atoms in total. The van der Waals surface area contributed by atoms with Crippen LogP contribution in [-0.4, -0.2) is 44.8 Å². The zero-order chi connectivity index (χ0) is 12.5. The van der Waals surface area contributed by atoms with Gasteiger partial charge in [-0.2, -0.15) is 13.2 Å². The first-order valence-corrected chi connectivity index (χ1v) is 5.40. The van der Waals surface area contributed by atoms with E-state index in [2.05, 4.69) is 9.97 Å². The van der Waals surface area contributed by atoms with Crippen molar-refractivity contribution in [1.29, 1.82) is 0 Å². The van der Waals surface area contributed by atoms with Gasteiger partial charge in [-0.25, -0.2) is 4.98 Å². The maximum absolute atomic E-state index is 12.5. The van der Waals surface area contributed by atoms with Crippen molar-refractivity contribution in [3.8, 4) is 0 Å². The number of rotatable bonds is 2. The van der Waals surface area contributed by atoms with Crippen LogP contribution in [0.25, 0.3) is 0 Å². The molecule has 2 N–H and O–H groups in total. The summed E-state index contributed by atoms with van der Waals surface area (Å²) in [6.45, 7) is 0.925. The number of nitrogens with one attached hydrogen (secondary N) is 1. The predicted octanol–water partition coefficient (Wildman–Crippen LogP) is 1.30. The molecule has 17 heavy (non-hydrogen) atoms. The Morgan fingerprint density at radius 3 is 2.53 bits per heavy atom. The quantitative estimate of drug-likeness (QED) is 0.830. The molecule has 1 saturated heterocycles. The molecule has 1 aromatic heterocycles. The molecule has 2 heterocycles. The largest absolute Gasteiger partial charge is 0.417 e. The van der Waals surface area contributed by atoms with E-state index < -0.39 is 11.8 Å². The second-order valence-electron chi connectivity index (χ2n) is 4.34. The summed E-state index contributed by atoms with van der Waals surface area (Å²) in [4.78, 5) is 8.76. The van der Waals surface area contributed by atoms with Crippen LogP contribution in [0.3, 0.4) is 0 Å². The molecule has 96 valence electrons. The van der Waals surface area contributed by atoms with E-state index in [1.807, 2.05) is 4.90 Å². The van der Waals surface area contributed by atoms with E-state index in [1.165, 1.54) is 0 Å². The van der Waals surface area contributed by atoms with Gasteiger partial charge in [0.15, 0.2) is 5.60 Å². The summed E-state index contributed by atoms with van der Waals surface area (Å²) in [6, 6.07) is 0. The van der Waals surface area contributed by atoms with Crippen LogP contribution in [0.4, 0.5) is 13.2 Å².